The van der Waals surface area contributed by atoms with E-state index in [2.05, 4.69) is 38.1 Å². The van der Waals surface area contributed by atoms with Crippen molar-refractivity contribution in [1.82, 2.24) is 19.9 Å². The van der Waals surface area contributed by atoms with E-state index in [4.69, 9.17) is 9.78 Å². The molecule has 0 aliphatic carbocycles. The van der Waals surface area contributed by atoms with Crippen molar-refractivity contribution in [3.05, 3.63) is 58.8 Å². The van der Waals surface area contributed by atoms with Crippen LogP contribution < -0.4 is 0 Å². The first-order valence-electron chi connectivity index (χ1n) is 9.60. The lowest BCUT2D eigenvalue weighted by atomic mass is 10.1. The van der Waals surface area contributed by atoms with Gasteiger partial charge in [0.05, 0.1) is 16.5 Å². The summed E-state index contributed by atoms with van der Waals surface area (Å²) in [5.74, 6) is 1.42. The summed E-state index contributed by atoms with van der Waals surface area (Å²) in [6.45, 7) is 6.32. The summed E-state index contributed by atoms with van der Waals surface area (Å²) in [6, 6.07) is 14.1. The summed E-state index contributed by atoms with van der Waals surface area (Å²) in [5, 5.41) is 15.0. The van der Waals surface area contributed by atoms with Crippen molar-refractivity contribution in [1.29, 1.82) is 5.26 Å². The topological polar surface area (TPSA) is 69.2 Å². The first-order valence-corrected chi connectivity index (χ1v) is 10.5. The quantitative estimate of drug-likeness (QED) is 0.613. The molecule has 0 spiro atoms. The Morgan fingerprint density at radius 1 is 1.07 bits per heavy atom. The lowest BCUT2D eigenvalue weighted by Crippen LogP contribution is -2.46. The van der Waals surface area contributed by atoms with Gasteiger partial charge in [-0.3, -0.25) is 4.90 Å². The molecule has 0 radical (unpaired) electrons. The van der Waals surface area contributed by atoms with E-state index < -0.39 is 0 Å². The van der Waals surface area contributed by atoms with Crippen molar-refractivity contribution in [2.24, 2.45) is 0 Å². The summed E-state index contributed by atoms with van der Waals surface area (Å²) < 4.78 is 5.38. The van der Waals surface area contributed by atoms with Gasteiger partial charge in [0.2, 0.25) is 11.7 Å². The van der Waals surface area contributed by atoms with Gasteiger partial charge in [0.15, 0.2) is 0 Å². The molecule has 1 fully saturated rings. The normalized spacial score (nSPS) is 15.5. The molecule has 0 bridgehead atoms. The van der Waals surface area contributed by atoms with E-state index in [-0.39, 0.29) is 0 Å². The Kier molecular flexibility index (Phi) is 6.12. The lowest BCUT2D eigenvalue weighted by Gasteiger charge is -2.34. The highest BCUT2D eigenvalue weighted by atomic mass is 32.1. The second kappa shape index (κ2) is 9.11. The van der Waals surface area contributed by atoms with Crippen molar-refractivity contribution >= 4 is 11.3 Å². The molecule has 144 valence electrons. The number of aryl methyl sites for hydroxylation is 1. The van der Waals surface area contributed by atoms with Gasteiger partial charge >= 0.3 is 0 Å². The molecule has 0 unspecified atom stereocenters. The SMILES string of the molecule is N#Cc1ccc(CN2CCN(CCCc3nc(-c4cccs4)no3)CC2)cc1. The maximum absolute atomic E-state index is 8.89. The number of hydrogen-bond donors (Lipinski definition) is 0. The van der Waals surface area contributed by atoms with Gasteiger partial charge in [-0.05, 0) is 42.1 Å². The third-order valence-electron chi connectivity index (χ3n) is 5.03. The van der Waals surface area contributed by atoms with Gasteiger partial charge in [0.25, 0.3) is 0 Å². The third kappa shape index (κ3) is 4.84. The number of hydrogen-bond acceptors (Lipinski definition) is 7. The maximum atomic E-state index is 8.89. The zero-order valence-corrected chi connectivity index (χ0v) is 16.6. The Balaban J connectivity index is 1.17. The zero-order valence-electron chi connectivity index (χ0n) is 15.8. The summed E-state index contributed by atoms with van der Waals surface area (Å²) in [6.07, 6.45) is 1.85. The smallest absolute Gasteiger partial charge is 0.227 e. The standard InChI is InChI=1S/C21H23N5OS/c22-15-17-5-7-18(8-6-17)16-26-12-10-25(11-13-26)9-1-4-20-23-21(24-27-20)19-3-2-14-28-19/h2-3,5-8,14H,1,4,9-13,16H2. The molecule has 3 aromatic rings. The number of nitrogens with zero attached hydrogens (tertiary/aromatic N) is 5. The summed E-state index contributed by atoms with van der Waals surface area (Å²) in [4.78, 5) is 10.5. The first-order chi connectivity index (χ1) is 13.8. The molecule has 0 N–H and O–H groups in total. The molecule has 4 rings (SSSR count). The van der Waals surface area contributed by atoms with Gasteiger partial charge < -0.3 is 9.42 Å². The average molecular weight is 394 g/mol. The lowest BCUT2D eigenvalue weighted by molar-refractivity contribution is 0.125. The monoisotopic (exact) mass is 393 g/mol. The van der Waals surface area contributed by atoms with Crippen LogP contribution in [0.5, 0.6) is 0 Å². The molecular weight excluding hydrogens is 370 g/mol. The van der Waals surface area contributed by atoms with Gasteiger partial charge in [-0.25, -0.2) is 0 Å². The van der Waals surface area contributed by atoms with Crippen molar-refractivity contribution in [3.63, 3.8) is 0 Å². The Hall–Kier alpha value is -2.53. The molecule has 2 aromatic heterocycles. The van der Waals surface area contributed by atoms with Gasteiger partial charge in [-0.1, -0.05) is 23.4 Å². The Morgan fingerprint density at radius 3 is 2.57 bits per heavy atom. The van der Waals surface area contributed by atoms with Crippen LogP contribution in [0.15, 0.2) is 46.3 Å². The fraction of sp³-hybridized carbons (Fsp3) is 0.381. The van der Waals surface area contributed by atoms with Crippen LogP contribution in [0.2, 0.25) is 0 Å². The first kappa shape index (κ1) is 18.8. The van der Waals surface area contributed by atoms with Gasteiger partial charge in [0.1, 0.15) is 0 Å². The van der Waals surface area contributed by atoms with Gasteiger partial charge in [-0.15, -0.1) is 11.3 Å². The van der Waals surface area contributed by atoms with Crippen LogP contribution >= 0.6 is 11.3 Å². The average Bonchev–Trinajstić information content (AvgIpc) is 3.42. The minimum absolute atomic E-state index is 0.696. The molecule has 1 aliphatic rings. The van der Waals surface area contributed by atoms with E-state index in [1.807, 2.05) is 29.6 Å². The number of aromatic nitrogens is 2. The number of benzene rings is 1. The molecule has 28 heavy (non-hydrogen) atoms. The van der Waals surface area contributed by atoms with E-state index >= 15 is 0 Å². The molecule has 1 saturated heterocycles. The molecule has 0 saturated carbocycles. The van der Waals surface area contributed by atoms with Crippen molar-refractivity contribution in [2.75, 3.05) is 32.7 Å². The predicted molar refractivity (Wildman–Crippen MR) is 109 cm³/mol. The van der Waals surface area contributed by atoms with Crippen LogP contribution in [0.4, 0.5) is 0 Å². The van der Waals surface area contributed by atoms with Crippen LogP contribution in [-0.4, -0.2) is 52.7 Å². The fourth-order valence-corrected chi connectivity index (χ4v) is 4.08. The fourth-order valence-electron chi connectivity index (χ4n) is 3.43. The largest absolute Gasteiger partial charge is 0.339 e. The second-order valence-electron chi connectivity index (χ2n) is 7.02. The number of thiophene rings is 1. The summed E-state index contributed by atoms with van der Waals surface area (Å²) in [5.41, 5.74) is 1.99. The van der Waals surface area contributed by atoms with E-state index in [0.29, 0.717) is 5.82 Å². The second-order valence-corrected chi connectivity index (χ2v) is 7.97. The molecule has 0 amide bonds. The molecule has 3 heterocycles. The van der Waals surface area contributed by atoms with Crippen molar-refractivity contribution < 1.29 is 4.52 Å². The summed E-state index contributed by atoms with van der Waals surface area (Å²) >= 11 is 1.63. The van der Waals surface area contributed by atoms with E-state index in [1.54, 1.807) is 11.3 Å². The number of rotatable bonds is 7. The van der Waals surface area contributed by atoms with Crippen LogP contribution in [0.25, 0.3) is 10.7 Å². The third-order valence-corrected chi connectivity index (χ3v) is 5.89. The maximum Gasteiger partial charge on any atom is 0.227 e. The predicted octanol–water partition coefficient (Wildman–Crippen LogP) is 3.42. The minimum atomic E-state index is 0.696. The van der Waals surface area contributed by atoms with Crippen LogP contribution in [0, 0.1) is 11.3 Å². The molecule has 1 aliphatic heterocycles. The van der Waals surface area contributed by atoms with Crippen LogP contribution in [0.1, 0.15) is 23.4 Å². The van der Waals surface area contributed by atoms with Crippen molar-refractivity contribution in [2.45, 2.75) is 19.4 Å². The summed E-state index contributed by atoms with van der Waals surface area (Å²) in [7, 11) is 0. The molecule has 6 nitrogen and oxygen atoms in total. The highest BCUT2D eigenvalue weighted by Crippen LogP contribution is 2.21. The number of nitriles is 1. The molecule has 1 aromatic carbocycles. The Bertz CT molecular complexity index is 905. The Labute approximate surface area is 169 Å². The number of piperazine rings is 1. The highest BCUT2D eigenvalue weighted by molar-refractivity contribution is 7.13. The van der Waals surface area contributed by atoms with Crippen LogP contribution in [-0.2, 0) is 13.0 Å². The molecular formula is C21H23N5OS. The van der Waals surface area contributed by atoms with Crippen LogP contribution in [0.3, 0.4) is 0 Å². The van der Waals surface area contributed by atoms with E-state index in [9.17, 15) is 0 Å². The molecule has 0 atom stereocenters. The van der Waals surface area contributed by atoms with E-state index in [0.717, 1.165) is 68.4 Å². The highest BCUT2D eigenvalue weighted by Gasteiger charge is 2.17. The van der Waals surface area contributed by atoms with E-state index in [1.165, 1.54) is 5.56 Å². The van der Waals surface area contributed by atoms with Crippen molar-refractivity contribution in [3.8, 4) is 16.8 Å². The molecule has 7 heteroatoms. The minimum Gasteiger partial charge on any atom is -0.339 e. The zero-order chi connectivity index (χ0) is 19.2. The van der Waals surface area contributed by atoms with Gasteiger partial charge in [0, 0.05) is 39.1 Å². The van der Waals surface area contributed by atoms with Gasteiger partial charge in [-0.2, -0.15) is 10.2 Å². The Morgan fingerprint density at radius 2 is 1.86 bits per heavy atom.